The second kappa shape index (κ2) is 5.57. The average Bonchev–Trinajstić information content (AvgIpc) is 2.36. The van der Waals surface area contributed by atoms with E-state index in [1.54, 1.807) is 0 Å². The van der Waals surface area contributed by atoms with Gasteiger partial charge in [0.25, 0.3) is 0 Å². The minimum absolute atomic E-state index is 0.251. The Morgan fingerprint density at radius 3 is 2.16 bits per heavy atom. The highest BCUT2D eigenvalue weighted by atomic mass is 32.2. The molecule has 0 atom stereocenters. The molecule has 0 N–H and O–H groups in total. The van der Waals surface area contributed by atoms with E-state index in [4.69, 9.17) is 0 Å². The van der Waals surface area contributed by atoms with Crippen LogP contribution < -0.4 is 4.89 Å². The van der Waals surface area contributed by atoms with Crippen LogP contribution >= 0.6 is 0 Å². The molecule has 0 radical (unpaired) electrons. The second-order valence-electron chi connectivity index (χ2n) is 3.24. The fourth-order valence-electron chi connectivity index (χ4n) is 0.898. The van der Waals surface area contributed by atoms with Crippen LogP contribution in [-0.4, -0.2) is 20.1 Å². The van der Waals surface area contributed by atoms with Gasteiger partial charge in [-0.25, -0.2) is 8.78 Å². The van der Waals surface area contributed by atoms with E-state index in [0.29, 0.717) is 5.56 Å². The average molecular weight is 300 g/mol. The summed E-state index contributed by atoms with van der Waals surface area (Å²) in [6.45, 7) is 3.45. The lowest BCUT2D eigenvalue weighted by atomic mass is 10.2. The molecule has 0 heterocycles. The summed E-state index contributed by atoms with van der Waals surface area (Å²) in [4.78, 5) is 4.07. The van der Waals surface area contributed by atoms with Crippen molar-refractivity contribution in [2.75, 3.05) is 0 Å². The fourth-order valence-corrected chi connectivity index (χ4v) is 1.38. The van der Waals surface area contributed by atoms with Gasteiger partial charge in [-0.2, -0.15) is 17.2 Å². The van der Waals surface area contributed by atoms with E-state index in [9.17, 15) is 26.0 Å². The van der Waals surface area contributed by atoms with Crippen molar-refractivity contribution < 1.29 is 35.2 Å². The van der Waals surface area contributed by atoms with E-state index >= 15 is 0 Å². The molecule has 0 bridgehead atoms. The molecule has 0 aliphatic carbocycles. The van der Waals surface area contributed by atoms with Crippen molar-refractivity contribution >= 4 is 16.2 Å². The molecule has 1 aromatic carbocycles. The number of hydrogen-bond acceptors (Lipinski definition) is 4. The Morgan fingerprint density at radius 2 is 1.74 bits per heavy atom. The van der Waals surface area contributed by atoms with Gasteiger partial charge in [0.2, 0.25) is 0 Å². The third-order valence-corrected chi connectivity index (χ3v) is 3.01. The quantitative estimate of drug-likeness (QED) is 0.460. The molecule has 0 aliphatic rings. The zero-order valence-electron chi connectivity index (χ0n) is 9.22. The SMILES string of the molecule is C=Cc1ccc(OOS(=O)(=O)C(F)(F)C(F)F)cc1. The van der Waals surface area contributed by atoms with Crippen LogP contribution in [-0.2, 0) is 14.5 Å². The van der Waals surface area contributed by atoms with Gasteiger partial charge in [-0.1, -0.05) is 24.8 Å². The van der Waals surface area contributed by atoms with Crippen LogP contribution in [0.2, 0.25) is 0 Å². The fraction of sp³-hybridized carbons (Fsp3) is 0.200. The number of halogens is 4. The normalized spacial score (nSPS) is 12.5. The number of alkyl halides is 4. The lowest BCUT2D eigenvalue weighted by Crippen LogP contribution is -2.38. The van der Waals surface area contributed by atoms with Crippen molar-refractivity contribution in [3.05, 3.63) is 36.4 Å². The predicted octanol–water partition coefficient (Wildman–Crippen LogP) is 2.83. The lowest BCUT2D eigenvalue weighted by Gasteiger charge is -2.14. The summed E-state index contributed by atoms with van der Waals surface area (Å²) in [5.41, 5.74) is 0.646. The molecule has 0 amide bonds. The molecule has 0 aromatic heterocycles. The molecule has 19 heavy (non-hydrogen) atoms. The van der Waals surface area contributed by atoms with Crippen molar-refractivity contribution in [2.24, 2.45) is 0 Å². The summed E-state index contributed by atoms with van der Waals surface area (Å²) in [6, 6.07) is 5.22. The Hall–Kier alpha value is -1.61. The number of rotatable bonds is 6. The van der Waals surface area contributed by atoms with Crippen LogP contribution in [0.25, 0.3) is 6.08 Å². The highest BCUT2D eigenvalue weighted by Gasteiger charge is 2.56. The molecule has 0 fully saturated rings. The largest absolute Gasteiger partial charge is 0.431 e. The van der Waals surface area contributed by atoms with E-state index in [1.165, 1.54) is 30.3 Å². The van der Waals surface area contributed by atoms with Gasteiger partial charge >= 0.3 is 21.8 Å². The molecule has 0 saturated heterocycles. The van der Waals surface area contributed by atoms with Crippen LogP contribution in [0, 0.1) is 0 Å². The monoisotopic (exact) mass is 300 g/mol. The second-order valence-corrected chi connectivity index (χ2v) is 4.83. The van der Waals surface area contributed by atoms with Crippen LogP contribution in [0.1, 0.15) is 5.56 Å². The van der Waals surface area contributed by atoms with Crippen LogP contribution in [0.15, 0.2) is 30.8 Å². The van der Waals surface area contributed by atoms with Gasteiger partial charge in [0.05, 0.1) is 0 Å². The molecular formula is C10H8F4O4S. The maximum atomic E-state index is 12.6. The third-order valence-electron chi connectivity index (χ3n) is 1.92. The van der Waals surface area contributed by atoms with E-state index in [0.717, 1.165) is 0 Å². The summed E-state index contributed by atoms with van der Waals surface area (Å²) < 4.78 is 73.9. The summed E-state index contributed by atoms with van der Waals surface area (Å²) >= 11 is 0. The minimum atomic E-state index is -5.90. The van der Waals surface area contributed by atoms with Crippen LogP contribution in [0.3, 0.4) is 0 Å². The van der Waals surface area contributed by atoms with Gasteiger partial charge in [0, 0.05) is 0 Å². The summed E-state index contributed by atoms with van der Waals surface area (Å²) in [5, 5.41) is -5.35. The Kier molecular flexibility index (Phi) is 4.53. The van der Waals surface area contributed by atoms with Crippen molar-refractivity contribution in [1.82, 2.24) is 0 Å². The van der Waals surface area contributed by atoms with Crippen LogP contribution in [0.5, 0.6) is 5.75 Å². The maximum Gasteiger partial charge on any atom is 0.431 e. The molecule has 9 heteroatoms. The van der Waals surface area contributed by atoms with Gasteiger partial charge in [-0.15, -0.1) is 0 Å². The minimum Gasteiger partial charge on any atom is -0.321 e. The molecule has 0 unspecified atom stereocenters. The van der Waals surface area contributed by atoms with E-state index in [1.807, 2.05) is 0 Å². The number of benzene rings is 1. The molecule has 106 valence electrons. The van der Waals surface area contributed by atoms with Crippen molar-refractivity contribution in [3.63, 3.8) is 0 Å². The topological polar surface area (TPSA) is 52.6 Å². The molecule has 0 spiro atoms. The Morgan fingerprint density at radius 1 is 1.21 bits per heavy atom. The highest BCUT2D eigenvalue weighted by Crippen LogP contribution is 2.31. The Labute approximate surface area is 106 Å². The smallest absolute Gasteiger partial charge is 0.321 e. The highest BCUT2D eigenvalue weighted by molar-refractivity contribution is 7.87. The first-order chi connectivity index (χ1) is 8.70. The molecule has 0 saturated carbocycles. The molecule has 1 rings (SSSR count). The van der Waals surface area contributed by atoms with Crippen LogP contribution in [0.4, 0.5) is 17.6 Å². The van der Waals surface area contributed by atoms with Gasteiger partial charge in [0.15, 0.2) is 5.75 Å². The molecular weight excluding hydrogens is 292 g/mol. The first kappa shape index (κ1) is 15.4. The molecule has 4 nitrogen and oxygen atoms in total. The number of hydrogen-bond donors (Lipinski definition) is 0. The molecule has 0 aliphatic heterocycles. The maximum absolute atomic E-state index is 12.6. The van der Waals surface area contributed by atoms with E-state index < -0.39 is 21.8 Å². The van der Waals surface area contributed by atoms with Gasteiger partial charge < -0.3 is 4.89 Å². The van der Waals surface area contributed by atoms with Gasteiger partial charge in [-0.05, 0) is 22.0 Å². The van der Waals surface area contributed by atoms with Crippen molar-refractivity contribution in [1.29, 1.82) is 0 Å². The first-order valence-electron chi connectivity index (χ1n) is 4.70. The summed E-state index contributed by atoms with van der Waals surface area (Å²) in [5.74, 6) is -0.251. The Bertz CT molecular complexity index is 539. The Balaban J connectivity index is 2.77. The zero-order valence-corrected chi connectivity index (χ0v) is 10.0. The zero-order chi connectivity index (χ0) is 14.7. The first-order valence-corrected chi connectivity index (χ1v) is 6.10. The van der Waals surface area contributed by atoms with Gasteiger partial charge in [-0.3, -0.25) is 0 Å². The molecule has 1 aromatic rings. The van der Waals surface area contributed by atoms with Crippen molar-refractivity contribution in [2.45, 2.75) is 11.7 Å². The summed E-state index contributed by atoms with van der Waals surface area (Å²) in [7, 11) is -5.90. The standard InChI is InChI=1S/C10H8F4O4S/c1-2-7-3-5-8(6-4-7)17-18-19(15,16)10(13,14)9(11)12/h2-6,9H,1H2. The lowest BCUT2D eigenvalue weighted by molar-refractivity contribution is -0.128. The summed E-state index contributed by atoms with van der Waals surface area (Å²) in [6.07, 6.45) is -2.96. The predicted molar refractivity (Wildman–Crippen MR) is 58.1 cm³/mol. The van der Waals surface area contributed by atoms with E-state index in [2.05, 4.69) is 15.8 Å². The van der Waals surface area contributed by atoms with Crippen molar-refractivity contribution in [3.8, 4) is 5.75 Å². The van der Waals surface area contributed by atoms with E-state index in [-0.39, 0.29) is 5.75 Å². The third kappa shape index (κ3) is 3.44. The van der Waals surface area contributed by atoms with Gasteiger partial charge in [0.1, 0.15) is 0 Å².